The number of hydrogen-bond donors (Lipinski definition) is 0. The van der Waals surface area contributed by atoms with Crippen LogP contribution in [0.15, 0.2) is 58.1 Å². The van der Waals surface area contributed by atoms with Gasteiger partial charge in [0.1, 0.15) is 0 Å². The number of carbonyl (C=O) groups excluding carboxylic acids is 2. The third-order valence-corrected chi connectivity index (χ3v) is 3.71. The molecule has 1 aliphatic heterocycles. The summed E-state index contributed by atoms with van der Waals surface area (Å²) in [5.41, 5.74) is 1.58. The maximum Gasteiger partial charge on any atom is 0.282 e. The van der Waals surface area contributed by atoms with Gasteiger partial charge in [-0.3, -0.25) is 9.59 Å². The van der Waals surface area contributed by atoms with Crippen molar-refractivity contribution in [3.63, 3.8) is 0 Å². The monoisotopic (exact) mass is 328 g/mol. The van der Waals surface area contributed by atoms with Gasteiger partial charge >= 0.3 is 0 Å². The van der Waals surface area contributed by atoms with Crippen LogP contribution >= 0.6 is 15.9 Å². The van der Waals surface area contributed by atoms with Gasteiger partial charge in [-0.2, -0.15) is 10.1 Å². The van der Waals surface area contributed by atoms with Crippen LogP contribution in [0.3, 0.4) is 0 Å². The number of carbonyl (C=O) groups is 2. The van der Waals surface area contributed by atoms with Gasteiger partial charge in [-0.25, -0.2) is 0 Å². The highest BCUT2D eigenvalue weighted by atomic mass is 79.9. The molecule has 0 saturated carbocycles. The van der Waals surface area contributed by atoms with Crippen LogP contribution in [-0.4, -0.2) is 23.0 Å². The van der Waals surface area contributed by atoms with Crippen molar-refractivity contribution in [3.05, 3.63) is 69.7 Å². The van der Waals surface area contributed by atoms with Gasteiger partial charge in [0.05, 0.1) is 17.3 Å². The molecule has 0 fully saturated rings. The molecule has 0 unspecified atom stereocenters. The third-order valence-electron chi connectivity index (χ3n) is 2.99. The van der Waals surface area contributed by atoms with E-state index in [-0.39, 0.29) is 0 Å². The Hall–Kier alpha value is -2.27. The summed E-state index contributed by atoms with van der Waals surface area (Å²) in [6, 6.07) is 14.1. The molecule has 2 aromatic rings. The molecule has 2 aromatic carbocycles. The fourth-order valence-corrected chi connectivity index (χ4v) is 2.37. The highest BCUT2D eigenvalue weighted by Crippen LogP contribution is 2.23. The normalized spacial score (nSPS) is 14.2. The van der Waals surface area contributed by atoms with Crippen LogP contribution in [0.4, 0.5) is 0 Å². The topological polar surface area (TPSA) is 49.7 Å². The summed E-state index contributed by atoms with van der Waals surface area (Å²) in [5, 5.41) is 4.90. The van der Waals surface area contributed by atoms with Crippen molar-refractivity contribution in [1.82, 2.24) is 5.01 Å². The van der Waals surface area contributed by atoms with Crippen molar-refractivity contribution in [1.29, 1.82) is 0 Å². The number of benzene rings is 2. The lowest BCUT2D eigenvalue weighted by atomic mass is 10.1. The molecule has 1 heterocycles. The summed E-state index contributed by atoms with van der Waals surface area (Å²) in [4.78, 5) is 24.2. The fourth-order valence-electron chi connectivity index (χ4n) is 1.98. The van der Waals surface area contributed by atoms with E-state index in [1.807, 2.05) is 24.3 Å². The molecule has 20 heavy (non-hydrogen) atoms. The van der Waals surface area contributed by atoms with Gasteiger partial charge < -0.3 is 0 Å². The van der Waals surface area contributed by atoms with E-state index in [9.17, 15) is 9.59 Å². The van der Waals surface area contributed by atoms with Gasteiger partial charge in [-0.15, -0.1) is 0 Å². The summed E-state index contributed by atoms with van der Waals surface area (Å²) >= 11 is 3.38. The Morgan fingerprint density at radius 1 is 0.900 bits per heavy atom. The molecule has 0 aromatic heterocycles. The molecule has 0 aliphatic carbocycles. The van der Waals surface area contributed by atoms with Gasteiger partial charge in [0, 0.05) is 10.0 Å². The molecule has 1 aliphatic rings. The largest absolute Gasteiger partial charge is 0.282 e. The molecular formula is C15H9BrN2O2. The molecular weight excluding hydrogens is 320 g/mol. The van der Waals surface area contributed by atoms with E-state index < -0.39 is 11.8 Å². The molecule has 0 atom stereocenters. The molecule has 0 radical (unpaired) electrons. The van der Waals surface area contributed by atoms with Crippen molar-refractivity contribution in [2.24, 2.45) is 5.10 Å². The van der Waals surface area contributed by atoms with Crippen LogP contribution < -0.4 is 0 Å². The highest BCUT2D eigenvalue weighted by molar-refractivity contribution is 9.10. The highest BCUT2D eigenvalue weighted by Gasteiger charge is 2.35. The van der Waals surface area contributed by atoms with Crippen molar-refractivity contribution < 1.29 is 9.59 Å². The Kier molecular flexibility index (Phi) is 3.20. The smallest absolute Gasteiger partial charge is 0.267 e. The lowest BCUT2D eigenvalue weighted by Crippen LogP contribution is -2.24. The van der Waals surface area contributed by atoms with Crippen LogP contribution in [0, 0.1) is 0 Å². The number of fused-ring (bicyclic) bond motifs is 1. The Bertz CT molecular complexity index is 705. The van der Waals surface area contributed by atoms with Gasteiger partial charge in [-0.1, -0.05) is 46.3 Å². The number of hydrazone groups is 1. The predicted octanol–water partition coefficient (Wildman–Crippen LogP) is 3.08. The molecule has 0 N–H and O–H groups in total. The molecule has 3 rings (SSSR count). The fraction of sp³-hybridized carbons (Fsp3) is 0. The minimum Gasteiger partial charge on any atom is -0.267 e. The lowest BCUT2D eigenvalue weighted by Gasteiger charge is -2.05. The van der Waals surface area contributed by atoms with Crippen LogP contribution in [0.2, 0.25) is 0 Å². The summed E-state index contributed by atoms with van der Waals surface area (Å²) in [6.07, 6.45) is 1.49. The SMILES string of the molecule is O=C1c2ccccc2C(=O)N1N=Cc1ccccc1Br. The van der Waals surface area contributed by atoms with Gasteiger partial charge in [0.25, 0.3) is 11.8 Å². The summed E-state index contributed by atoms with van der Waals surface area (Å²) in [5.74, 6) is -0.789. The van der Waals surface area contributed by atoms with E-state index in [0.29, 0.717) is 11.1 Å². The first kappa shape index (κ1) is 12.7. The predicted molar refractivity (Wildman–Crippen MR) is 78.7 cm³/mol. The number of imide groups is 1. The van der Waals surface area contributed by atoms with E-state index >= 15 is 0 Å². The standard InChI is InChI=1S/C15H9BrN2O2/c16-13-8-4-1-5-10(13)9-17-18-14(19)11-6-2-3-7-12(11)15(18)20/h1-9H. The van der Waals surface area contributed by atoms with E-state index in [1.54, 1.807) is 24.3 Å². The van der Waals surface area contributed by atoms with Crippen molar-refractivity contribution in [3.8, 4) is 0 Å². The van der Waals surface area contributed by atoms with Crippen molar-refractivity contribution in [2.45, 2.75) is 0 Å². The maximum absolute atomic E-state index is 12.1. The molecule has 0 bridgehead atoms. The minimum absolute atomic E-state index is 0.391. The lowest BCUT2D eigenvalue weighted by molar-refractivity contribution is 0.0660. The van der Waals surface area contributed by atoms with Crippen LogP contribution in [0.25, 0.3) is 0 Å². The van der Waals surface area contributed by atoms with Crippen LogP contribution in [0.5, 0.6) is 0 Å². The van der Waals surface area contributed by atoms with Gasteiger partial charge in [0.2, 0.25) is 0 Å². The number of halogens is 1. The average Bonchev–Trinajstić information content (AvgIpc) is 2.71. The molecule has 4 nitrogen and oxygen atoms in total. The second-order valence-corrected chi connectivity index (χ2v) is 5.09. The van der Waals surface area contributed by atoms with E-state index in [4.69, 9.17) is 0 Å². The first-order valence-electron chi connectivity index (χ1n) is 5.95. The molecule has 0 spiro atoms. The van der Waals surface area contributed by atoms with Gasteiger partial charge in [-0.05, 0) is 18.2 Å². The average molecular weight is 329 g/mol. The molecule has 0 saturated heterocycles. The van der Waals surface area contributed by atoms with Crippen LogP contribution in [0.1, 0.15) is 26.3 Å². The molecule has 5 heteroatoms. The zero-order valence-corrected chi connectivity index (χ0v) is 11.9. The van der Waals surface area contributed by atoms with Crippen molar-refractivity contribution >= 4 is 34.0 Å². The first-order valence-corrected chi connectivity index (χ1v) is 6.74. The molecule has 2 amide bonds. The zero-order chi connectivity index (χ0) is 14.1. The maximum atomic E-state index is 12.1. The second kappa shape index (κ2) is 5.02. The Morgan fingerprint density at radius 3 is 2.05 bits per heavy atom. The second-order valence-electron chi connectivity index (χ2n) is 4.23. The number of hydrogen-bond acceptors (Lipinski definition) is 3. The molecule has 98 valence electrons. The van der Waals surface area contributed by atoms with E-state index in [0.717, 1.165) is 15.0 Å². The summed E-state index contributed by atoms with van der Waals surface area (Å²) in [6.45, 7) is 0. The quantitative estimate of drug-likeness (QED) is 0.628. The Balaban J connectivity index is 1.93. The summed E-state index contributed by atoms with van der Waals surface area (Å²) in [7, 11) is 0. The minimum atomic E-state index is -0.395. The zero-order valence-electron chi connectivity index (χ0n) is 10.3. The Morgan fingerprint density at radius 2 is 1.45 bits per heavy atom. The number of rotatable bonds is 2. The van der Waals surface area contributed by atoms with Gasteiger partial charge in [0.15, 0.2) is 0 Å². The number of nitrogens with zero attached hydrogens (tertiary/aromatic N) is 2. The van der Waals surface area contributed by atoms with E-state index in [2.05, 4.69) is 21.0 Å². The Labute approximate surface area is 123 Å². The number of amides is 2. The third kappa shape index (κ3) is 2.06. The van der Waals surface area contributed by atoms with E-state index in [1.165, 1.54) is 6.21 Å². The van der Waals surface area contributed by atoms with Crippen LogP contribution in [-0.2, 0) is 0 Å². The first-order chi connectivity index (χ1) is 9.68. The van der Waals surface area contributed by atoms with Crippen molar-refractivity contribution in [2.75, 3.05) is 0 Å². The summed E-state index contributed by atoms with van der Waals surface area (Å²) < 4.78 is 0.848.